The van der Waals surface area contributed by atoms with Gasteiger partial charge in [-0.25, -0.2) is 0 Å². The van der Waals surface area contributed by atoms with Gasteiger partial charge in [0.15, 0.2) is 0 Å². The molecule has 1 aromatic rings. The van der Waals surface area contributed by atoms with Gasteiger partial charge in [-0.05, 0) is 50.3 Å². The molecule has 1 aromatic carbocycles. The summed E-state index contributed by atoms with van der Waals surface area (Å²) >= 11 is 0. The van der Waals surface area contributed by atoms with E-state index in [2.05, 4.69) is 50.4 Å². The first kappa shape index (κ1) is 14.5. The lowest BCUT2D eigenvalue weighted by atomic mass is 9.87. The Kier molecular flexibility index (Phi) is 4.64. The lowest BCUT2D eigenvalue weighted by Gasteiger charge is -2.33. The average molecular weight is 261 g/mol. The molecule has 0 amide bonds. The summed E-state index contributed by atoms with van der Waals surface area (Å²) in [4.78, 5) is 0. The molecule has 1 aliphatic rings. The fraction of sp³-hybridized carbons (Fsp3) is 0.647. The molecule has 2 atom stereocenters. The van der Waals surface area contributed by atoms with E-state index in [1.807, 2.05) is 7.05 Å². The fourth-order valence-electron chi connectivity index (χ4n) is 3.17. The SMILES string of the molecule is CNC(c1ccc(CC(C)C)cc1)C1(C)CCCO1. The molecule has 1 saturated heterocycles. The normalized spacial score (nSPS) is 24.9. The van der Waals surface area contributed by atoms with E-state index in [1.54, 1.807) is 0 Å². The van der Waals surface area contributed by atoms with Crippen molar-refractivity contribution in [3.8, 4) is 0 Å². The van der Waals surface area contributed by atoms with E-state index < -0.39 is 0 Å². The molecule has 2 heteroatoms. The van der Waals surface area contributed by atoms with Crippen molar-refractivity contribution in [1.82, 2.24) is 5.32 Å². The van der Waals surface area contributed by atoms with Crippen LogP contribution < -0.4 is 5.32 Å². The van der Waals surface area contributed by atoms with Gasteiger partial charge < -0.3 is 10.1 Å². The molecule has 2 unspecified atom stereocenters. The van der Waals surface area contributed by atoms with Crippen LogP contribution in [0, 0.1) is 5.92 Å². The van der Waals surface area contributed by atoms with Crippen LogP contribution in [0.1, 0.15) is 50.8 Å². The van der Waals surface area contributed by atoms with E-state index in [4.69, 9.17) is 4.74 Å². The van der Waals surface area contributed by atoms with Crippen molar-refractivity contribution in [2.45, 2.75) is 51.7 Å². The Hall–Kier alpha value is -0.860. The molecule has 106 valence electrons. The Morgan fingerprint density at radius 1 is 1.26 bits per heavy atom. The van der Waals surface area contributed by atoms with Gasteiger partial charge in [0.2, 0.25) is 0 Å². The summed E-state index contributed by atoms with van der Waals surface area (Å²) < 4.78 is 5.98. The molecular weight excluding hydrogens is 234 g/mol. The Labute approximate surface area is 117 Å². The molecule has 1 aliphatic heterocycles. The molecule has 2 rings (SSSR count). The zero-order chi connectivity index (χ0) is 13.9. The molecule has 0 aromatic heterocycles. The van der Waals surface area contributed by atoms with Crippen LogP contribution in [0.25, 0.3) is 0 Å². The highest BCUT2D eigenvalue weighted by atomic mass is 16.5. The first-order chi connectivity index (χ1) is 9.05. The van der Waals surface area contributed by atoms with Gasteiger partial charge in [0.1, 0.15) is 0 Å². The van der Waals surface area contributed by atoms with E-state index >= 15 is 0 Å². The summed E-state index contributed by atoms with van der Waals surface area (Å²) in [5.74, 6) is 0.710. The first-order valence-electron chi connectivity index (χ1n) is 7.45. The quantitative estimate of drug-likeness (QED) is 0.872. The number of rotatable bonds is 5. The van der Waals surface area contributed by atoms with Crippen LogP contribution in [0.4, 0.5) is 0 Å². The van der Waals surface area contributed by atoms with Gasteiger partial charge in [0.05, 0.1) is 11.6 Å². The van der Waals surface area contributed by atoms with Crippen LogP contribution in [0.5, 0.6) is 0 Å². The van der Waals surface area contributed by atoms with E-state index in [-0.39, 0.29) is 11.6 Å². The van der Waals surface area contributed by atoms with Gasteiger partial charge in [-0.1, -0.05) is 38.1 Å². The van der Waals surface area contributed by atoms with Crippen molar-refractivity contribution < 1.29 is 4.74 Å². The number of likely N-dealkylation sites (N-methyl/N-ethyl adjacent to an activating group) is 1. The predicted molar refractivity (Wildman–Crippen MR) is 80.4 cm³/mol. The summed E-state index contributed by atoms with van der Waals surface area (Å²) in [5, 5.41) is 3.44. The average Bonchev–Trinajstić information content (AvgIpc) is 2.79. The zero-order valence-corrected chi connectivity index (χ0v) is 12.7. The summed E-state index contributed by atoms with van der Waals surface area (Å²) in [6.45, 7) is 7.64. The number of ether oxygens (including phenoxy) is 1. The molecule has 0 radical (unpaired) electrons. The smallest absolute Gasteiger partial charge is 0.0849 e. The van der Waals surface area contributed by atoms with Gasteiger partial charge in [0.25, 0.3) is 0 Å². The zero-order valence-electron chi connectivity index (χ0n) is 12.7. The van der Waals surface area contributed by atoms with Gasteiger partial charge in [-0.15, -0.1) is 0 Å². The van der Waals surface area contributed by atoms with E-state index in [0.717, 1.165) is 19.4 Å². The number of hydrogen-bond acceptors (Lipinski definition) is 2. The van der Waals surface area contributed by atoms with Gasteiger partial charge in [-0.2, -0.15) is 0 Å². The molecule has 1 heterocycles. The predicted octanol–water partition coefficient (Wildman–Crippen LogP) is 3.71. The second kappa shape index (κ2) is 6.06. The molecule has 0 bridgehead atoms. The molecule has 1 N–H and O–H groups in total. The molecule has 19 heavy (non-hydrogen) atoms. The molecule has 0 saturated carbocycles. The van der Waals surface area contributed by atoms with Crippen LogP contribution >= 0.6 is 0 Å². The number of benzene rings is 1. The standard InChI is InChI=1S/C17H27NO/c1-13(2)12-14-6-8-15(9-7-14)16(18-4)17(3)10-5-11-19-17/h6-9,13,16,18H,5,10-12H2,1-4H3. The third-order valence-corrected chi connectivity index (χ3v) is 4.11. The second-order valence-electron chi connectivity index (χ2n) is 6.33. The molecule has 2 nitrogen and oxygen atoms in total. The van der Waals surface area contributed by atoms with Crippen LogP contribution in [0.15, 0.2) is 24.3 Å². The van der Waals surface area contributed by atoms with Gasteiger partial charge in [-0.3, -0.25) is 0 Å². The van der Waals surface area contributed by atoms with Crippen molar-refractivity contribution in [3.63, 3.8) is 0 Å². The van der Waals surface area contributed by atoms with Crippen molar-refractivity contribution >= 4 is 0 Å². The maximum atomic E-state index is 5.98. The summed E-state index contributed by atoms with van der Waals surface area (Å²) in [6.07, 6.45) is 3.45. The minimum atomic E-state index is -0.0612. The summed E-state index contributed by atoms with van der Waals surface area (Å²) in [7, 11) is 2.03. The van der Waals surface area contributed by atoms with Crippen LogP contribution in [0.2, 0.25) is 0 Å². The van der Waals surface area contributed by atoms with E-state index in [0.29, 0.717) is 5.92 Å². The lowest BCUT2D eigenvalue weighted by molar-refractivity contribution is -0.0104. The van der Waals surface area contributed by atoms with Gasteiger partial charge >= 0.3 is 0 Å². The van der Waals surface area contributed by atoms with Gasteiger partial charge in [0, 0.05) is 6.61 Å². The molecular formula is C17H27NO. The van der Waals surface area contributed by atoms with E-state index in [9.17, 15) is 0 Å². The topological polar surface area (TPSA) is 21.3 Å². The first-order valence-corrected chi connectivity index (χ1v) is 7.45. The molecule has 0 spiro atoms. The second-order valence-corrected chi connectivity index (χ2v) is 6.33. The Balaban J connectivity index is 2.15. The highest BCUT2D eigenvalue weighted by Crippen LogP contribution is 2.37. The monoisotopic (exact) mass is 261 g/mol. The van der Waals surface area contributed by atoms with Crippen LogP contribution in [-0.4, -0.2) is 19.3 Å². The highest BCUT2D eigenvalue weighted by Gasteiger charge is 2.38. The largest absolute Gasteiger partial charge is 0.373 e. The van der Waals surface area contributed by atoms with Crippen molar-refractivity contribution in [1.29, 1.82) is 0 Å². The lowest BCUT2D eigenvalue weighted by Crippen LogP contribution is -2.39. The number of hydrogen-bond donors (Lipinski definition) is 1. The fourth-order valence-corrected chi connectivity index (χ4v) is 3.17. The van der Waals surface area contributed by atoms with Crippen molar-refractivity contribution in [2.75, 3.05) is 13.7 Å². The number of nitrogens with one attached hydrogen (secondary N) is 1. The minimum Gasteiger partial charge on any atom is -0.373 e. The highest BCUT2D eigenvalue weighted by molar-refractivity contribution is 5.27. The maximum absolute atomic E-state index is 5.98. The Morgan fingerprint density at radius 2 is 1.95 bits per heavy atom. The molecule has 1 fully saturated rings. The Bertz CT molecular complexity index is 390. The third-order valence-electron chi connectivity index (χ3n) is 4.11. The third kappa shape index (κ3) is 3.37. The summed E-state index contributed by atoms with van der Waals surface area (Å²) in [5.41, 5.74) is 2.69. The molecule has 0 aliphatic carbocycles. The van der Waals surface area contributed by atoms with Crippen molar-refractivity contribution in [2.24, 2.45) is 5.92 Å². The van der Waals surface area contributed by atoms with Crippen LogP contribution in [-0.2, 0) is 11.2 Å². The van der Waals surface area contributed by atoms with Crippen LogP contribution in [0.3, 0.4) is 0 Å². The Morgan fingerprint density at radius 3 is 2.42 bits per heavy atom. The minimum absolute atomic E-state index is 0.0612. The maximum Gasteiger partial charge on any atom is 0.0849 e. The summed E-state index contributed by atoms with van der Waals surface area (Å²) in [6, 6.07) is 9.32. The van der Waals surface area contributed by atoms with Crippen molar-refractivity contribution in [3.05, 3.63) is 35.4 Å². The van der Waals surface area contributed by atoms with E-state index in [1.165, 1.54) is 17.5 Å².